The van der Waals surface area contributed by atoms with Crippen LogP contribution < -0.4 is 4.74 Å². The Morgan fingerprint density at radius 1 is 1.60 bits per heavy atom. The number of nitrogens with one attached hydrogen (secondary N) is 1. The molecule has 1 atom stereocenters. The van der Waals surface area contributed by atoms with E-state index < -0.39 is 6.09 Å². The summed E-state index contributed by atoms with van der Waals surface area (Å²) >= 11 is 0. The number of likely N-dealkylation sites (tertiary alicyclic amines) is 1. The number of H-pyrrole nitrogens is 1. The topological polar surface area (TPSA) is 78.5 Å². The molecule has 1 fully saturated rings. The van der Waals surface area contributed by atoms with Crippen molar-refractivity contribution < 1.29 is 14.6 Å². The molecule has 1 unspecified atom stereocenters. The number of imidazole rings is 1. The van der Waals surface area contributed by atoms with Crippen molar-refractivity contribution >= 4 is 17.1 Å². The number of hydrogen-bond donors (Lipinski definition) is 2. The molecular weight excluding hydrogens is 258 g/mol. The van der Waals surface area contributed by atoms with E-state index in [2.05, 4.69) is 16.5 Å². The smallest absolute Gasteiger partial charge is 0.408 e. The van der Waals surface area contributed by atoms with Crippen LogP contribution in [0.25, 0.3) is 11.0 Å². The largest absolute Gasteiger partial charge is 0.497 e. The number of aromatic amines is 1. The Morgan fingerprint density at radius 3 is 3.10 bits per heavy atom. The van der Waals surface area contributed by atoms with Crippen molar-refractivity contribution in [3.63, 3.8) is 0 Å². The molecule has 0 saturated carbocycles. The predicted octanol–water partition coefficient (Wildman–Crippen LogP) is 2.55. The summed E-state index contributed by atoms with van der Waals surface area (Å²) in [5.74, 6) is 1.38. The lowest BCUT2D eigenvalue weighted by molar-refractivity contribution is 0.139. The van der Waals surface area contributed by atoms with Crippen LogP contribution in [0.3, 0.4) is 0 Å². The number of benzene rings is 1. The third-order valence-corrected chi connectivity index (χ3v) is 3.52. The molecule has 3 rings (SSSR count). The predicted molar refractivity (Wildman–Crippen MR) is 73.9 cm³/mol. The third kappa shape index (κ3) is 1.99. The Kier molecular flexibility index (Phi) is 2.85. The Morgan fingerprint density at radius 2 is 2.40 bits per heavy atom. The molecule has 1 aromatic carbocycles. The van der Waals surface area contributed by atoms with E-state index in [0.717, 1.165) is 22.4 Å². The summed E-state index contributed by atoms with van der Waals surface area (Å²) in [5, 5.41) is 9.24. The van der Waals surface area contributed by atoms with Crippen LogP contribution in [0.5, 0.6) is 5.75 Å². The number of methoxy groups -OCH3 is 1. The lowest BCUT2D eigenvalue weighted by Gasteiger charge is -2.18. The molecule has 0 spiro atoms. The van der Waals surface area contributed by atoms with Crippen LogP contribution in [-0.4, -0.2) is 39.7 Å². The van der Waals surface area contributed by atoms with E-state index in [4.69, 9.17) is 4.74 Å². The number of amides is 1. The summed E-state index contributed by atoms with van der Waals surface area (Å²) in [6, 6.07) is 5.23. The first-order valence-corrected chi connectivity index (χ1v) is 6.28. The van der Waals surface area contributed by atoms with Gasteiger partial charge in [0.25, 0.3) is 0 Å². The molecule has 104 valence electrons. The Balaban J connectivity index is 2.01. The van der Waals surface area contributed by atoms with Crippen LogP contribution in [0.15, 0.2) is 30.4 Å². The van der Waals surface area contributed by atoms with Crippen LogP contribution in [0, 0.1) is 0 Å². The molecule has 2 heterocycles. The fourth-order valence-electron chi connectivity index (χ4n) is 2.54. The molecule has 1 amide bonds. The monoisotopic (exact) mass is 273 g/mol. The van der Waals surface area contributed by atoms with Gasteiger partial charge in [0.1, 0.15) is 11.6 Å². The van der Waals surface area contributed by atoms with Gasteiger partial charge in [0.05, 0.1) is 24.2 Å². The second kappa shape index (κ2) is 4.56. The Bertz CT molecular complexity index is 692. The van der Waals surface area contributed by atoms with E-state index in [0.29, 0.717) is 18.8 Å². The lowest BCUT2D eigenvalue weighted by atomic mass is 10.2. The number of aromatic nitrogens is 2. The van der Waals surface area contributed by atoms with Gasteiger partial charge in [0, 0.05) is 12.6 Å². The minimum atomic E-state index is -0.952. The normalized spacial score (nSPS) is 18.8. The summed E-state index contributed by atoms with van der Waals surface area (Å²) < 4.78 is 5.17. The van der Waals surface area contributed by atoms with Gasteiger partial charge in [-0.1, -0.05) is 12.2 Å². The van der Waals surface area contributed by atoms with Gasteiger partial charge in [-0.2, -0.15) is 0 Å². The molecule has 1 aliphatic rings. The number of rotatable bonds is 2. The molecule has 0 bridgehead atoms. The fourth-order valence-corrected chi connectivity index (χ4v) is 2.54. The van der Waals surface area contributed by atoms with Gasteiger partial charge in [-0.15, -0.1) is 0 Å². The molecule has 2 N–H and O–H groups in total. The van der Waals surface area contributed by atoms with E-state index >= 15 is 0 Å². The zero-order chi connectivity index (χ0) is 14.3. The minimum Gasteiger partial charge on any atom is -0.497 e. The highest BCUT2D eigenvalue weighted by atomic mass is 16.5. The molecule has 1 saturated heterocycles. The molecule has 0 radical (unpaired) electrons. The highest BCUT2D eigenvalue weighted by molar-refractivity contribution is 5.77. The standard InChI is InChI=1S/C14H15N3O3/c1-8-5-12(17(7-8)14(18)19)13-15-10-4-3-9(20-2)6-11(10)16-13/h3-4,6,12H,1,5,7H2,2H3,(H,15,16)(H,18,19). The number of nitrogens with zero attached hydrogens (tertiary/aromatic N) is 2. The maximum atomic E-state index is 11.3. The Labute approximate surface area is 115 Å². The van der Waals surface area contributed by atoms with Crippen molar-refractivity contribution in [2.75, 3.05) is 13.7 Å². The van der Waals surface area contributed by atoms with Gasteiger partial charge in [0.15, 0.2) is 0 Å². The maximum Gasteiger partial charge on any atom is 0.408 e. The number of carboxylic acid groups (broad SMARTS) is 1. The lowest BCUT2D eigenvalue weighted by Crippen LogP contribution is -2.29. The average Bonchev–Trinajstić information content (AvgIpc) is 3.00. The van der Waals surface area contributed by atoms with Crippen LogP contribution in [0.4, 0.5) is 4.79 Å². The molecule has 0 aliphatic carbocycles. The summed E-state index contributed by atoms with van der Waals surface area (Å²) in [7, 11) is 1.60. The van der Waals surface area contributed by atoms with E-state index in [9.17, 15) is 9.90 Å². The van der Waals surface area contributed by atoms with Gasteiger partial charge in [0.2, 0.25) is 0 Å². The van der Waals surface area contributed by atoms with Crippen molar-refractivity contribution in [1.82, 2.24) is 14.9 Å². The SMILES string of the molecule is C=C1CC(c2nc3ccc(OC)cc3[nH]2)N(C(=O)O)C1. The number of carbonyl (C=O) groups is 1. The van der Waals surface area contributed by atoms with Crippen molar-refractivity contribution in [3.05, 3.63) is 36.2 Å². The van der Waals surface area contributed by atoms with Crippen LogP contribution in [0.2, 0.25) is 0 Å². The van der Waals surface area contributed by atoms with E-state index in [1.54, 1.807) is 7.11 Å². The van der Waals surface area contributed by atoms with Gasteiger partial charge >= 0.3 is 6.09 Å². The van der Waals surface area contributed by atoms with E-state index in [-0.39, 0.29) is 6.04 Å². The number of ether oxygens (including phenoxy) is 1. The first kappa shape index (κ1) is 12.5. The number of fused-ring (bicyclic) bond motifs is 1. The van der Waals surface area contributed by atoms with E-state index in [1.807, 2.05) is 18.2 Å². The Hall–Kier alpha value is -2.50. The zero-order valence-electron chi connectivity index (χ0n) is 11.1. The molecule has 6 heteroatoms. The first-order valence-electron chi connectivity index (χ1n) is 6.28. The summed E-state index contributed by atoms with van der Waals surface area (Å²) in [6.45, 7) is 4.24. The molecular formula is C14H15N3O3. The third-order valence-electron chi connectivity index (χ3n) is 3.52. The van der Waals surface area contributed by atoms with Crippen LogP contribution in [-0.2, 0) is 0 Å². The van der Waals surface area contributed by atoms with Crippen LogP contribution in [0.1, 0.15) is 18.3 Å². The van der Waals surface area contributed by atoms with Gasteiger partial charge < -0.3 is 14.8 Å². The van der Waals surface area contributed by atoms with Gasteiger partial charge in [-0.05, 0) is 18.6 Å². The molecule has 1 aliphatic heterocycles. The number of hydrogen-bond acceptors (Lipinski definition) is 3. The first-order chi connectivity index (χ1) is 9.58. The quantitative estimate of drug-likeness (QED) is 0.824. The van der Waals surface area contributed by atoms with Gasteiger partial charge in [-0.25, -0.2) is 9.78 Å². The highest BCUT2D eigenvalue weighted by Crippen LogP contribution is 2.34. The van der Waals surface area contributed by atoms with Crippen molar-refractivity contribution in [2.45, 2.75) is 12.5 Å². The second-order valence-corrected chi connectivity index (χ2v) is 4.89. The maximum absolute atomic E-state index is 11.3. The van der Waals surface area contributed by atoms with Crippen molar-refractivity contribution in [1.29, 1.82) is 0 Å². The molecule has 20 heavy (non-hydrogen) atoms. The second-order valence-electron chi connectivity index (χ2n) is 4.89. The zero-order valence-corrected chi connectivity index (χ0v) is 11.1. The summed E-state index contributed by atoms with van der Waals surface area (Å²) in [5.41, 5.74) is 2.53. The molecule has 1 aromatic heterocycles. The minimum absolute atomic E-state index is 0.293. The average molecular weight is 273 g/mol. The highest BCUT2D eigenvalue weighted by Gasteiger charge is 2.34. The summed E-state index contributed by atoms with van der Waals surface area (Å²) in [4.78, 5) is 20.3. The molecule has 2 aromatic rings. The van der Waals surface area contributed by atoms with Gasteiger partial charge in [-0.3, -0.25) is 4.90 Å². The van der Waals surface area contributed by atoms with E-state index in [1.165, 1.54) is 4.90 Å². The fraction of sp³-hybridized carbons (Fsp3) is 0.286. The van der Waals surface area contributed by atoms with Crippen LogP contribution >= 0.6 is 0 Å². The summed E-state index contributed by atoms with van der Waals surface area (Å²) in [6.07, 6.45) is -0.352. The van der Waals surface area contributed by atoms with Crippen molar-refractivity contribution in [3.8, 4) is 5.75 Å². The molecule has 6 nitrogen and oxygen atoms in total. The van der Waals surface area contributed by atoms with Crippen molar-refractivity contribution in [2.24, 2.45) is 0 Å².